The van der Waals surface area contributed by atoms with E-state index in [2.05, 4.69) is 0 Å². The molecule has 2 aromatic heterocycles. The van der Waals surface area contributed by atoms with Crippen molar-refractivity contribution in [1.82, 2.24) is 0 Å². The maximum absolute atomic E-state index is 11.0. The molecule has 0 unspecified atom stereocenters. The van der Waals surface area contributed by atoms with Crippen LogP contribution >= 0.6 is 0 Å². The highest BCUT2D eigenvalue weighted by molar-refractivity contribution is 5.98. The highest BCUT2D eigenvalue weighted by atomic mass is 16.3. The van der Waals surface area contributed by atoms with E-state index in [0.717, 1.165) is 33.1 Å². The van der Waals surface area contributed by atoms with Crippen LogP contribution in [0.25, 0.3) is 21.9 Å². The Morgan fingerprint density at radius 3 is 1.46 bits per heavy atom. The summed E-state index contributed by atoms with van der Waals surface area (Å²) in [5, 5.41) is 1.95. The van der Waals surface area contributed by atoms with Gasteiger partial charge >= 0.3 is 0 Å². The molecular formula is C20H16O4. The van der Waals surface area contributed by atoms with Gasteiger partial charge < -0.3 is 8.83 Å². The smallest absolute Gasteiger partial charge is 0.159 e. The standard InChI is InChI=1S/2C10H8O2/c2*1-7(11)8-2-3-10-9(6-8)4-5-12-10/h2*2-6H,1H3. The Kier molecular flexibility index (Phi) is 4.29. The Bertz CT molecular complexity index is 936. The van der Waals surface area contributed by atoms with Gasteiger partial charge in [-0.2, -0.15) is 0 Å². The van der Waals surface area contributed by atoms with E-state index in [0.29, 0.717) is 0 Å². The van der Waals surface area contributed by atoms with E-state index in [-0.39, 0.29) is 11.6 Å². The first-order chi connectivity index (χ1) is 11.5. The van der Waals surface area contributed by atoms with Crippen molar-refractivity contribution in [1.29, 1.82) is 0 Å². The lowest BCUT2D eigenvalue weighted by Crippen LogP contribution is -1.89. The fourth-order valence-electron chi connectivity index (χ4n) is 2.37. The van der Waals surface area contributed by atoms with Gasteiger partial charge in [-0.05, 0) is 62.4 Å². The summed E-state index contributed by atoms with van der Waals surface area (Å²) in [5.74, 6) is 0.163. The first-order valence-corrected chi connectivity index (χ1v) is 7.51. The van der Waals surface area contributed by atoms with Gasteiger partial charge in [0.15, 0.2) is 11.6 Å². The zero-order valence-corrected chi connectivity index (χ0v) is 13.4. The number of carbonyl (C=O) groups is 2. The molecule has 0 fully saturated rings. The molecule has 0 bridgehead atoms. The summed E-state index contributed by atoms with van der Waals surface area (Å²) in [5.41, 5.74) is 3.09. The Morgan fingerprint density at radius 2 is 1.08 bits per heavy atom. The Labute approximate surface area is 138 Å². The third-order valence-electron chi connectivity index (χ3n) is 3.72. The van der Waals surface area contributed by atoms with Gasteiger partial charge in [0.25, 0.3) is 0 Å². The zero-order valence-electron chi connectivity index (χ0n) is 13.4. The van der Waals surface area contributed by atoms with Gasteiger partial charge in [0.2, 0.25) is 0 Å². The first-order valence-electron chi connectivity index (χ1n) is 7.51. The summed E-state index contributed by atoms with van der Waals surface area (Å²) < 4.78 is 10.3. The molecule has 0 amide bonds. The molecule has 4 aromatic rings. The molecular weight excluding hydrogens is 304 g/mol. The number of benzene rings is 2. The second kappa shape index (κ2) is 6.54. The van der Waals surface area contributed by atoms with Gasteiger partial charge in [0.1, 0.15) is 11.2 Å². The minimum atomic E-state index is 0.0816. The van der Waals surface area contributed by atoms with Gasteiger partial charge in [-0.15, -0.1) is 0 Å². The molecule has 24 heavy (non-hydrogen) atoms. The summed E-state index contributed by atoms with van der Waals surface area (Å²) >= 11 is 0. The summed E-state index contributed by atoms with van der Waals surface area (Å²) in [6.45, 7) is 3.11. The molecule has 0 saturated heterocycles. The number of carbonyl (C=O) groups excluding carboxylic acids is 2. The predicted molar refractivity (Wildman–Crippen MR) is 92.4 cm³/mol. The van der Waals surface area contributed by atoms with Gasteiger partial charge in [0, 0.05) is 21.9 Å². The van der Waals surface area contributed by atoms with Crippen LogP contribution in [0.5, 0.6) is 0 Å². The highest BCUT2D eigenvalue weighted by Gasteiger charge is 2.02. The topological polar surface area (TPSA) is 60.4 Å². The largest absolute Gasteiger partial charge is 0.464 e. The summed E-state index contributed by atoms with van der Waals surface area (Å²) in [6, 6.07) is 14.5. The molecule has 0 spiro atoms. The molecule has 4 nitrogen and oxygen atoms in total. The van der Waals surface area contributed by atoms with E-state index in [1.807, 2.05) is 36.4 Å². The molecule has 2 heterocycles. The number of hydrogen-bond donors (Lipinski definition) is 0. The van der Waals surface area contributed by atoms with E-state index in [9.17, 15) is 9.59 Å². The van der Waals surface area contributed by atoms with Crippen LogP contribution in [0, 0.1) is 0 Å². The molecule has 0 N–H and O–H groups in total. The van der Waals surface area contributed by atoms with Crippen LogP contribution in [0.1, 0.15) is 34.6 Å². The van der Waals surface area contributed by atoms with E-state index in [1.54, 1.807) is 38.5 Å². The Morgan fingerprint density at radius 1 is 0.667 bits per heavy atom. The third kappa shape index (κ3) is 3.27. The quantitative estimate of drug-likeness (QED) is 0.472. The molecule has 2 aromatic carbocycles. The lowest BCUT2D eigenvalue weighted by Gasteiger charge is -1.93. The normalized spacial score (nSPS) is 10.4. The minimum Gasteiger partial charge on any atom is -0.464 e. The van der Waals surface area contributed by atoms with Gasteiger partial charge in [0.05, 0.1) is 12.5 Å². The predicted octanol–water partition coefficient (Wildman–Crippen LogP) is 5.27. The fraction of sp³-hybridized carbons (Fsp3) is 0.100. The lowest BCUT2D eigenvalue weighted by molar-refractivity contribution is 0.100. The van der Waals surface area contributed by atoms with Crippen LogP contribution in [-0.4, -0.2) is 11.6 Å². The van der Waals surface area contributed by atoms with E-state index in [4.69, 9.17) is 8.83 Å². The maximum Gasteiger partial charge on any atom is 0.159 e. The molecule has 0 aliphatic heterocycles. The molecule has 0 atom stereocenters. The van der Waals surface area contributed by atoms with E-state index < -0.39 is 0 Å². The maximum atomic E-state index is 11.0. The summed E-state index contributed by atoms with van der Waals surface area (Å²) in [7, 11) is 0. The van der Waals surface area contributed by atoms with Crippen LogP contribution in [0.3, 0.4) is 0 Å². The second-order valence-electron chi connectivity index (χ2n) is 5.46. The zero-order chi connectivity index (χ0) is 17.1. The molecule has 0 saturated carbocycles. The fourth-order valence-corrected chi connectivity index (χ4v) is 2.37. The van der Waals surface area contributed by atoms with Crippen molar-refractivity contribution in [2.24, 2.45) is 0 Å². The van der Waals surface area contributed by atoms with E-state index in [1.165, 1.54) is 0 Å². The highest BCUT2D eigenvalue weighted by Crippen LogP contribution is 2.17. The van der Waals surface area contributed by atoms with Crippen molar-refractivity contribution < 1.29 is 18.4 Å². The third-order valence-corrected chi connectivity index (χ3v) is 3.72. The molecule has 120 valence electrons. The number of Topliss-reactive ketones (excluding diaryl/α,β-unsaturated/α-hetero) is 2. The van der Waals surface area contributed by atoms with Gasteiger partial charge in [-0.25, -0.2) is 0 Å². The molecule has 0 aliphatic carbocycles. The second-order valence-corrected chi connectivity index (χ2v) is 5.46. The molecule has 4 rings (SSSR count). The molecule has 0 radical (unpaired) electrons. The summed E-state index contributed by atoms with van der Waals surface area (Å²) in [6.07, 6.45) is 3.24. The molecule has 4 heteroatoms. The average molecular weight is 320 g/mol. The number of rotatable bonds is 2. The van der Waals surface area contributed by atoms with Crippen LogP contribution < -0.4 is 0 Å². The number of hydrogen-bond acceptors (Lipinski definition) is 4. The van der Waals surface area contributed by atoms with Crippen molar-refractivity contribution >= 4 is 33.5 Å². The SMILES string of the molecule is CC(=O)c1ccc2occc2c1.CC(=O)c1ccc2occc2c1. The average Bonchev–Trinajstić information content (AvgIpc) is 3.22. The lowest BCUT2D eigenvalue weighted by atomic mass is 10.1. The molecule has 0 aliphatic rings. The van der Waals surface area contributed by atoms with Crippen molar-refractivity contribution in [2.45, 2.75) is 13.8 Å². The number of furan rings is 2. The number of ketones is 2. The monoisotopic (exact) mass is 320 g/mol. The Balaban J connectivity index is 0.000000141. The van der Waals surface area contributed by atoms with Crippen LogP contribution in [0.2, 0.25) is 0 Å². The van der Waals surface area contributed by atoms with E-state index >= 15 is 0 Å². The van der Waals surface area contributed by atoms with Gasteiger partial charge in [-0.1, -0.05) is 0 Å². The van der Waals surface area contributed by atoms with Crippen molar-refractivity contribution in [2.75, 3.05) is 0 Å². The Hall–Kier alpha value is -3.14. The van der Waals surface area contributed by atoms with Crippen LogP contribution in [-0.2, 0) is 0 Å². The summed E-state index contributed by atoms with van der Waals surface area (Å²) in [4.78, 5) is 22.0. The van der Waals surface area contributed by atoms with Crippen LogP contribution in [0.4, 0.5) is 0 Å². The minimum absolute atomic E-state index is 0.0816. The number of fused-ring (bicyclic) bond motifs is 2. The van der Waals surface area contributed by atoms with Crippen molar-refractivity contribution in [3.63, 3.8) is 0 Å². The first kappa shape index (κ1) is 15.7. The van der Waals surface area contributed by atoms with Crippen molar-refractivity contribution in [3.05, 3.63) is 72.2 Å². The van der Waals surface area contributed by atoms with Crippen molar-refractivity contribution in [3.8, 4) is 0 Å². The van der Waals surface area contributed by atoms with Crippen LogP contribution in [0.15, 0.2) is 69.9 Å². The van der Waals surface area contributed by atoms with Gasteiger partial charge in [-0.3, -0.25) is 9.59 Å².